The van der Waals surface area contributed by atoms with Crippen LogP contribution in [0.4, 0.5) is 5.82 Å². The highest BCUT2D eigenvalue weighted by atomic mass is 35.5. The number of halogens is 1. The van der Waals surface area contributed by atoms with E-state index in [1.807, 2.05) is 6.92 Å². The van der Waals surface area contributed by atoms with Crippen molar-refractivity contribution in [2.75, 3.05) is 6.54 Å². The molecule has 0 radical (unpaired) electrons. The van der Waals surface area contributed by atoms with E-state index in [1.54, 1.807) is 10.9 Å². The quantitative estimate of drug-likeness (QED) is 0.445. The number of carbonyl (C=O) groups is 1. The molecular weight excluding hydrogens is 324 g/mol. The van der Waals surface area contributed by atoms with E-state index < -0.39 is 4.92 Å². The van der Waals surface area contributed by atoms with Crippen LogP contribution >= 0.6 is 11.6 Å². The summed E-state index contributed by atoms with van der Waals surface area (Å²) in [6, 6.07) is 1.30. The lowest BCUT2D eigenvalue weighted by Gasteiger charge is -2.05. The van der Waals surface area contributed by atoms with Gasteiger partial charge >= 0.3 is 5.82 Å². The van der Waals surface area contributed by atoms with Gasteiger partial charge in [0, 0.05) is 25.7 Å². The number of hydrogen-bond donors (Lipinski definition) is 1. The van der Waals surface area contributed by atoms with Crippen LogP contribution in [0.1, 0.15) is 18.5 Å². The lowest BCUT2D eigenvalue weighted by Crippen LogP contribution is -2.26. The zero-order valence-electron chi connectivity index (χ0n) is 12.6. The summed E-state index contributed by atoms with van der Waals surface area (Å²) in [5.74, 6) is -0.351. The third-order valence-corrected chi connectivity index (χ3v) is 3.53. The van der Waals surface area contributed by atoms with Gasteiger partial charge in [-0.05, 0) is 18.3 Å². The first kappa shape index (κ1) is 16.9. The number of nitrogens with zero attached hydrogens (tertiary/aromatic N) is 5. The third-order valence-electron chi connectivity index (χ3n) is 3.15. The van der Waals surface area contributed by atoms with Crippen molar-refractivity contribution < 1.29 is 9.72 Å². The molecule has 0 fully saturated rings. The van der Waals surface area contributed by atoms with Gasteiger partial charge in [0.15, 0.2) is 0 Å². The molecule has 0 spiro atoms. The minimum Gasteiger partial charge on any atom is -0.358 e. The molecule has 9 nitrogen and oxygen atoms in total. The Morgan fingerprint density at radius 1 is 1.39 bits per heavy atom. The van der Waals surface area contributed by atoms with E-state index in [0.29, 0.717) is 24.7 Å². The van der Waals surface area contributed by atoms with E-state index in [4.69, 9.17) is 11.6 Å². The largest absolute Gasteiger partial charge is 0.389 e. The summed E-state index contributed by atoms with van der Waals surface area (Å²) in [7, 11) is 0. The second-order valence-electron chi connectivity index (χ2n) is 4.97. The van der Waals surface area contributed by atoms with Gasteiger partial charge in [0.25, 0.3) is 0 Å². The molecule has 2 heterocycles. The predicted octanol–water partition coefficient (Wildman–Crippen LogP) is 1.55. The summed E-state index contributed by atoms with van der Waals surface area (Å²) in [6.45, 7) is 3.32. The van der Waals surface area contributed by atoms with E-state index in [9.17, 15) is 14.9 Å². The summed E-state index contributed by atoms with van der Waals surface area (Å²) < 4.78 is 3.12. The zero-order chi connectivity index (χ0) is 16.8. The molecule has 0 unspecified atom stereocenters. The van der Waals surface area contributed by atoms with E-state index >= 15 is 0 Å². The standard InChI is InChI=1S/C13H17ClN6O3/c1-10-11(14)9-19(16-10)6-2-5-15-13(21)4-8-18-7-3-12(17-18)20(22)23/h3,7,9H,2,4-6,8H2,1H3,(H,15,21). The molecule has 23 heavy (non-hydrogen) atoms. The molecule has 0 atom stereocenters. The molecule has 0 aromatic carbocycles. The maximum Gasteiger partial charge on any atom is 0.389 e. The zero-order valence-corrected chi connectivity index (χ0v) is 13.4. The fraction of sp³-hybridized carbons (Fsp3) is 0.462. The summed E-state index contributed by atoms with van der Waals surface area (Å²) in [5, 5.41) is 21.9. The van der Waals surface area contributed by atoms with Crippen molar-refractivity contribution in [1.29, 1.82) is 0 Å². The van der Waals surface area contributed by atoms with Crippen molar-refractivity contribution >= 4 is 23.3 Å². The average Bonchev–Trinajstić information content (AvgIpc) is 3.09. The fourth-order valence-corrected chi connectivity index (χ4v) is 2.10. The molecule has 10 heteroatoms. The van der Waals surface area contributed by atoms with Crippen molar-refractivity contribution in [3.8, 4) is 0 Å². The highest BCUT2D eigenvalue weighted by Crippen LogP contribution is 2.12. The van der Waals surface area contributed by atoms with Crippen molar-refractivity contribution in [2.45, 2.75) is 32.9 Å². The molecule has 0 bridgehead atoms. The Labute approximate surface area is 137 Å². The Kier molecular flexibility index (Phi) is 5.69. The first-order valence-corrected chi connectivity index (χ1v) is 7.47. The normalized spacial score (nSPS) is 10.7. The van der Waals surface area contributed by atoms with Crippen LogP contribution < -0.4 is 5.32 Å². The molecule has 1 amide bonds. The second kappa shape index (κ2) is 7.73. The van der Waals surface area contributed by atoms with Gasteiger partial charge in [-0.15, -0.1) is 0 Å². The molecule has 124 valence electrons. The SMILES string of the molecule is Cc1nn(CCCNC(=O)CCn2ccc([N+](=O)[O-])n2)cc1Cl. The van der Waals surface area contributed by atoms with E-state index in [1.165, 1.54) is 16.9 Å². The molecule has 2 rings (SSSR count). The number of nitrogens with one attached hydrogen (secondary N) is 1. The van der Waals surface area contributed by atoms with Gasteiger partial charge in [0.1, 0.15) is 0 Å². The molecule has 0 aliphatic carbocycles. The number of aryl methyl sites for hydroxylation is 3. The molecule has 2 aromatic heterocycles. The lowest BCUT2D eigenvalue weighted by molar-refractivity contribution is -0.389. The Hall–Kier alpha value is -2.42. The summed E-state index contributed by atoms with van der Waals surface area (Å²) in [5.41, 5.74) is 0.781. The molecule has 0 saturated heterocycles. The van der Waals surface area contributed by atoms with Crippen LogP contribution in [0, 0.1) is 17.0 Å². The number of rotatable bonds is 8. The number of nitro groups is 1. The van der Waals surface area contributed by atoms with Gasteiger partial charge in [-0.25, -0.2) is 0 Å². The van der Waals surface area contributed by atoms with Gasteiger partial charge < -0.3 is 15.4 Å². The minimum absolute atomic E-state index is 0.127. The number of carbonyl (C=O) groups excluding carboxylic acids is 1. The molecule has 0 saturated carbocycles. The Balaban J connectivity index is 1.64. The smallest absolute Gasteiger partial charge is 0.358 e. The molecule has 1 N–H and O–H groups in total. The summed E-state index contributed by atoms with van der Waals surface area (Å²) in [6.07, 6.45) is 4.18. The Bertz CT molecular complexity index is 676. The summed E-state index contributed by atoms with van der Waals surface area (Å²) in [4.78, 5) is 21.6. The maximum atomic E-state index is 11.7. The summed E-state index contributed by atoms with van der Waals surface area (Å²) >= 11 is 5.91. The van der Waals surface area contributed by atoms with Crippen LogP contribution in [-0.4, -0.2) is 36.9 Å². The van der Waals surface area contributed by atoms with Crippen molar-refractivity contribution in [3.63, 3.8) is 0 Å². The van der Waals surface area contributed by atoms with Gasteiger partial charge in [0.2, 0.25) is 5.91 Å². The monoisotopic (exact) mass is 340 g/mol. The van der Waals surface area contributed by atoms with Crippen LogP contribution in [-0.2, 0) is 17.9 Å². The van der Waals surface area contributed by atoms with Crippen LogP contribution in [0.15, 0.2) is 18.5 Å². The van der Waals surface area contributed by atoms with Crippen LogP contribution in [0.2, 0.25) is 5.02 Å². The highest BCUT2D eigenvalue weighted by Gasteiger charge is 2.11. The number of amides is 1. The minimum atomic E-state index is -0.570. The van der Waals surface area contributed by atoms with Crippen molar-refractivity contribution in [2.24, 2.45) is 0 Å². The molecule has 0 aliphatic heterocycles. The number of aromatic nitrogens is 4. The van der Waals surface area contributed by atoms with Gasteiger partial charge in [-0.2, -0.15) is 9.78 Å². The first-order valence-electron chi connectivity index (χ1n) is 7.10. The first-order chi connectivity index (χ1) is 11.0. The molecule has 0 aliphatic rings. The third kappa shape index (κ3) is 5.06. The van der Waals surface area contributed by atoms with Crippen molar-refractivity contribution in [3.05, 3.63) is 39.3 Å². The van der Waals surface area contributed by atoms with Crippen LogP contribution in [0.5, 0.6) is 0 Å². The van der Waals surface area contributed by atoms with Crippen LogP contribution in [0.3, 0.4) is 0 Å². The fourth-order valence-electron chi connectivity index (χ4n) is 1.95. The van der Waals surface area contributed by atoms with E-state index in [-0.39, 0.29) is 18.1 Å². The highest BCUT2D eigenvalue weighted by molar-refractivity contribution is 6.31. The van der Waals surface area contributed by atoms with Gasteiger partial charge in [-0.1, -0.05) is 11.6 Å². The Morgan fingerprint density at radius 2 is 2.17 bits per heavy atom. The van der Waals surface area contributed by atoms with E-state index in [0.717, 1.165) is 12.1 Å². The van der Waals surface area contributed by atoms with Crippen LogP contribution in [0.25, 0.3) is 0 Å². The average molecular weight is 341 g/mol. The molecular formula is C13H17ClN6O3. The second-order valence-corrected chi connectivity index (χ2v) is 5.38. The topological polar surface area (TPSA) is 108 Å². The van der Waals surface area contributed by atoms with Gasteiger partial charge in [-0.3, -0.25) is 9.48 Å². The number of hydrogen-bond acceptors (Lipinski definition) is 5. The Morgan fingerprint density at radius 3 is 2.78 bits per heavy atom. The van der Waals surface area contributed by atoms with Crippen molar-refractivity contribution in [1.82, 2.24) is 24.9 Å². The maximum absolute atomic E-state index is 11.7. The van der Waals surface area contributed by atoms with E-state index in [2.05, 4.69) is 15.5 Å². The molecule has 2 aromatic rings. The predicted molar refractivity (Wildman–Crippen MR) is 83.1 cm³/mol. The lowest BCUT2D eigenvalue weighted by atomic mass is 10.3. The van der Waals surface area contributed by atoms with Gasteiger partial charge in [0.05, 0.1) is 34.6 Å².